The normalized spacial score (nSPS) is 17.7. The molecule has 1 fully saturated rings. The highest BCUT2D eigenvalue weighted by atomic mass is 35.5. The third-order valence-electron chi connectivity index (χ3n) is 7.88. The minimum Gasteiger partial charge on any atom is -0.373 e. The number of halogens is 4. The summed E-state index contributed by atoms with van der Waals surface area (Å²) in [5, 5.41) is 26.3. The molecule has 1 aliphatic heterocycles. The van der Waals surface area contributed by atoms with E-state index < -0.39 is 24.1 Å². The number of nitrogens with zero attached hydrogens (tertiary/aromatic N) is 6. The van der Waals surface area contributed by atoms with E-state index in [0.29, 0.717) is 51.6 Å². The van der Waals surface area contributed by atoms with Crippen molar-refractivity contribution in [1.29, 1.82) is 5.26 Å². The van der Waals surface area contributed by atoms with Crippen molar-refractivity contribution in [3.05, 3.63) is 106 Å². The van der Waals surface area contributed by atoms with Crippen LogP contribution in [0.4, 0.5) is 25.8 Å². The maximum Gasteiger partial charge on any atom is 0.141 e. The lowest BCUT2D eigenvalue weighted by molar-refractivity contribution is 0.0865. The Morgan fingerprint density at radius 3 is 2.61 bits per heavy atom. The summed E-state index contributed by atoms with van der Waals surface area (Å²) in [7, 11) is 0. The van der Waals surface area contributed by atoms with Crippen molar-refractivity contribution < 1.29 is 8.78 Å². The molecule has 0 spiro atoms. The summed E-state index contributed by atoms with van der Waals surface area (Å²) in [6, 6.07) is 18.8. The molecule has 12 heteroatoms. The Kier molecular flexibility index (Phi) is 8.62. The first-order chi connectivity index (χ1) is 21.3. The standard InChI is InChI=1S/C32H28Cl2F2N8/c1-2-43-11-10-29(27(36)17-43)44-18-28(41-42-44)31(19-6-4-3-5-7-19)40-22-12-23-30(39-21-8-9-26(35)24(33)13-21)20(15-37)16-38-32(23)25(34)14-22/h3-9,12-14,16,18,27,29,31,40H,2,10-11,17H2,1H3,(H,38,39)/t27-,29-,31+/m1/s1. The number of rotatable bonds is 8. The van der Waals surface area contributed by atoms with Crippen LogP contribution in [0.25, 0.3) is 10.9 Å². The van der Waals surface area contributed by atoms with Crippen molar-refractivity contribution in [3.63, 3.8) is 0 Å². The number of fused-ring (bicyclic) bond motifs is 1. The van der Waals surface area contributed by atoms with Gasteiger partial charge in [0.1, 0.15) is 23.8 Å². The van der Waals surface area contributed by atoms with Gasteiger partial charge in [0.15, 0.2) is 0 Å². The highest BCUT2D eigenvalue weighted by Gasteiger charge is 2.31. The Labute approximate surface area is 263 Å². The number of piperidine rings is 1. The van der Waals surface area contributed by atoms with Crippen molar-refractivity contribution in [1.82, 2.24) is 24.9 Å². The van der Waals surface area contributed by atoms with Gasteiger partial charge in [-0.2, -0.15) is 5.26 Å². The maximum absolute atomic E-state index is 15.1. The van der Waals surface area contributed by atoms with Gasteiger partial charge in [-0.15, -0.1) is 5.10 Å². The number of alkyl halides is 1. The molecule has 1 saturated heterocycles. The van der Waals surface area contributed by atoms with Gasteiger partial charge in [0.05, 0.1) is 45.1 Å². The molecule has 44 heavy (non-hydrogen) atoms. The van der Waals surface area contributed by atoms with Gasteiger partial charge in [0, 0.05) is 36.0 Å². The van der Waals surface area contributed by atoms with Crippen LogP contribution >= 0.6 is 23.2 Å². The summed E-state index contributed by atoms with van der Waals surface area (Å²) >= 11 is 12.7. The monoisotopic (exact) mass is 632 g/mol. The van der Waals surface area contributed by atoms with Gasteiger partial charge in [-0.25, -0.2) is 13.5 Å². The van der Waals surface area contributed by atoms with Crippen LogP contribution in [0.2, 0.25) is 10.0 Å². The molecule has 5 aromatic rings. The molecule has 3 atom stereocenters. The lowest BCUT2D eigenvalue weighted by Gasteiger charge is -2.33. The third-order valence-corrected chi connectivity index (χ3v) is 8.46. The lowest BCUT2D eigenvalue weighted by atomic mass is 10.0. The first kappa shape index (κ1) is 29.8. The van der Waals surface area contributed by atoms with Crippen LogP contribution in [0.3, 0.4) is 0 Å². The number of anilines is 3. The predicted molar refractivity (Wildman–Crippen MR) is 169 cm³/mol. The summed E-state index contributed by atoms with van der Waals surface area (Å²) in [5.41, 5.74) is 3.83. The Balaban J connectivity index is 1.38. The minimum absolute atomic E-state index is 0.0546. The smallest absolute Gasteiger partial charge is 0.141 e. The number of nitriles is 1. The lowest BCUT2D eigenvalue weighted by Crippen LogP contribution is -2.42. The quantitative estimate of drug-likeness (QED) is 0.181. The van der Waals surface area contributed by atoms with Crippen molar-refractivity contribution >= 4 is 51.2 Å². The second kappa shape index (κ2) is 12.7. The molecule has 224 valence electrons. The SMILES string of the molecule is CCN1CC[C@@H](n2cc([C@@H](Nc3cc(Cl)c4ncc(C#N)c(Nc5ccc(F)c(Cl)c5)c4c3)c3ccccc3)nn2)[C@H](F)C1. The summed E-state index contributed by atoms with van der Waals surface area (Å²) in [6.07, 6.45) is 2.82. The molecule has 8 nitrogen and oxygen atoms in total. The van der Waals surface area contributed by atoms with Crippen LogP contribution in [-0.4, -0.2) is 50.7 Å². The maximum atomic E-state index is 15.1. The van der Waals surface area contributed by atoms with Crippen molar-refractivity contribution in [3.8, 4) is 6.07 Å². The van der Waals surface area contributed by atoms with Crippen LogP contribution < -0.4 is 10.6 Å². The molecule has 3 heterocycles. The minimum atomic E-state index is -1.05. The molecular formula is C32H28Cl2F2N8. The Morgan fingerprint density at radius 2 is 1.89 bits per heavy atom. The number of hydrogen-bond acceptors (Lipinski definition) is 7. The molecule has 0 radical (unpaired) electrons. The van der Waals surface area contributed by atoms with Crippen molar-refractivity contribution in [2.24, 2.45) is 0 Å². The molecular weight excluding hydrogens is 605 g/mol. The fourth-order valence-corrected chi connectivity index (χ4v) is 5.99. The number of benzene rings is 3. The third kappa shape index (κ3) is 6.04. The second-order valence-corrected chi connectivity index (χ2v) is 11.5. The van der Waals surface area contributed by atoms with Crippen LogP contribution in [0.1, 0.15) is 42.2 Å². The molecule has 0 aliphatic carbocycles. The average Bonchev–Trinajstić information content (AvgIpc) is 3.52. The highest BCUT2D eigenvalue weighted by molar-refractivity contribution is 6.36. The molecule has 2 N–H and O–H groups in total. The number of aromatic nitrogens is 4. The molecule has 6 rings (SSSR count). The zero-order valence-electron chi connectivity index (χ0n) is 23.7. The van der Waals surface area contributed by atoms with E-state index in [4.69, 9.17) is 23.2 Å². The van der Waals surface area contributed by atoms with Gasteiger partial charge in [0.2, 0.25) is 0 Å². The van der Waals surface area contributed by atoms with E-state index in [1.807, 2.05) is 43.3 Å². The van der Waals surface area contributed by atoms with E-state index in [9.17, 15) is 9.65 Å². The molecule has 0 saturated carbocycles. The van der Waals surface area contributed by atoms with Gasteiger partial charge in [-0.05, 0) is 48.9 Å². The number of pyridine rings is 1. The second-order valence-electron chi connectivity index (χ2n) is 10.6. The van der Waals surface area contributed by atoms with Gasteiger partial charge in [-0.1, -0.05) is 65.7 Å². The first-order valence-corrected chi connectivity index (χ1v) is 14.9. The molecule has 1 aliphatic rings. The van der Waals surface area contributed by atoms with Crippen LogP contribution in [-0.2, 0) is 0 Å². The summed E-state index contributed by atoms with van der Waals surface area (Å²) < 4.78 is 30.6. The highest BCUT2D eigenvalue weighted by Crippen LogP contribution is 2.37. The zero-order chi connectivity index (χ0) is 30.8. The number of nitrogens with one attached hydrogen (secondary N) is 2. The zero-order valence-corrected chi connectivity index (χ0v) is 25.2. The Morgan fingerprint density at radius 1 is 1.09 bits per heavy atom. The van der Waals surface area contributed by atoms with Crippen LogP contribution in [0.5, 0.6) is 0 Å². The van der Waals surface area contributed by atoms with Crippen LogP contribution in [0.15, 0.2) is 73.1 Å². The van der Waals surface area contributed by atoms with E-state index >= 15 is 4.39 Å². The Bertz CT molecular complexity index is 1840. The largest absolute Gasteiger partial charge is 0.373 e. The molecule has 0 unspecified atom stereocenters. The van der Waals surface area contributed by atoms with Gasteiger partial charge >= 0.3 is 0 Å². The summed E-state index contributed by atoms with van der Waals surface area (Å²) in [4.78, 5) is 6.52. The molecule has 3 aromatic carbocycles. The number of likely N-dealkylation sites (tertiary alicyclic amines) is 1. The number of hydrogen-bond donors (Lipinski definition) is 2. The predicted octanol–water partition coefficient (Wildman–Crippen LogP) is 7.69. The average molecular weight is 634 g/mol. The van der Waals surface area contributed by atoms with Crippen LogP contribution in [0, 0.1) is 17.1 Å². The first-order valence-electron chi connectivity index (χ1n) is 14.2. The van der Waals surface area contributed by atoms with E-state index in [-0.39, 0.29) is 10.6 Å². The van der Waals surface area contributed by atoms with E-state index in [1.54, 1.807) is 16.9 Å². The molecule has 0 amide bonds. The van der Waals surface area contributed by atoms with Crippen molar-refractivity contribution in [2.45, 2.75) is 31.6 Å². The fraction of sp³-hybridized carbons (Fsp3) is 0.250. The molecule has 0 bridgehead atoms. The van der Waals surface area contributed by atoms with E-state index in [0.717, 1.165) is 18.7 Å². The summed E-state index contributed by atoms with van der Waals surface area (Å²) in [6.45, 7) is 4.01. The van der Waals surface area contributed by atoms with Gasteiger partial charge < -0.3 is 15.5 Å². The van der Waals surface area contributed by atoms with E-state index in [1.165, 1.54) is 24.4 Å². The van der Waals surface area contributed by atoms with Gasteiger partial charge in [-0.3, -0.25) is 4.98 Å². The van der Waals surface area contributed by atoms with Crippen molar-refractivity contribution in [2.75, 3.05) is 30.3 Å². The molecule has 2 aromatic heterocycles. The van der Waals surface area contributed by atoms with E-state index in [2.05, 4.69) is 36.9 Å². The topological polar surface area (TPSA) is 94.7 Å². The fourth-order valence-electron chi connectivity index (χ4n) is 5.55. The Hall–Kier alpha value is -4.30. The summed E-state index contributed by atoms with van der Waals surface area (Å²) in [5.74, 6) is -0.552. The van der Waals surface area contributed by atoms with Gasteiger partial charge in [0.25, 0.3) is 0 Å².